The summed E-state index contributed by atoms with van der Waals surface area (Å²) in [7, 11) is 1.98. The zero-order valence-electron chi connectivity index (χ0n) is 13.6. The molecule has 1 heterocycles. The summed E-state index contributed by atoms with van der Waals surface area (Å²) < 4.78 is 13.3. The number of para-hydroxylation sites is 1. The largest absolute Gasteiger partial charge is 0.324 e. The molecule has 0 saturated carbocycles. The predicted octanol–water partition coefficient (Wildman–Crippen LogP) is 1.82. The molecule has 2 aromatic rings. The van der Waals surface area contributed by atoms with Crippen molar-refractivity contribution in [3.63, 3.8) is 0 Å². The highest BCUT2D eigenvalue weighted by atomic mass is 19.1. The monoisotopic (exact) mass is 313 g/mol. The summed E-state index contributed by atoms with van der Waals surface area (Å²) in [6.45, 7) is 3.31. The van der Waals surface area contributed by atoms with E-state index < -0.39 is 0 Å². The second-order valence-corrected chi connectivity index (χ2v) is 6.24. The van der Waals surface area contributed by atoms with Crippen LogP contribution in [0, 0.1) is 5.82 Å². The Morgan fingerprint density at radius 1 is 1.26 bits per heavy atom. The fraction of sp³-hybridized carbons (Fsp3) is 0.316. The lowest BCUT2D eigenvalue weighted by atomic mass is 10.1. The zero-order valence-corrected chi connectivity index (χ0v) is 13.6. The average molecular weight is 313 g/mol. The Hall–Kier alpha value is -2.20. The highest BCUT2D eigenvalue weighted by Gasteiger charge is 2.31. The number of rotatable bonds is 4. The van der Waals surface area contributed by atoms with Crippen molar-refractivity contribution in [1.29, 1.82) is 0 Å². The quantitative estimate of drug-likeness (QED) is 0.915. The van der Waals surface area contributed by atoms with Gasteiger partial charge in [0.15, 0.2) is 6.04 Å². The lowest BCUT2D eigenvalue weighted by Crippen LogP contribution is -3.12. The number of halogens is 1. The molecular formula is C19H22FN2O+. The van der Waals surface area contributed by atoms with Crippen LogP contribution in [-0.4, -0.2) is 25.5 Å². The molecule has 2 atom stereocenters. The van der Waals surface area contributed by atoms with Gasteiger partial charge in [-0.1, -0.05) is 30.3 Å². The summed E-state index contributed by atoms with van der Waals surface area (Å²) in [6.07, 6.45) is 0.914. The fourth-order valence-corrected chi connectivity index (χ4v) is 3.13. The zero-order chi connectivity index (χ0) is 16.4. The smallest absolute Gasteiger partial charge is 0.284 e. The number of nitrogens with zero attached hydrogens (tertiary/aromatic N) is 1. The number of carbonyl (C=O) groups is 1. The molecule has 0 radical (unpaired) electrons. The van der Waals surface area contributed by atoms with Crippen molar-refractivity contribution >= 4 is 11.6 Å². The van der Waals surface area contributed by atoms with E-state index >= 15 is 0 Å². The molecule has 0 aromatic heterocycles. The van der Waals surface area contributed by atoms with Gasteiger partial charge in [-0.05, 0) is 37.1 Å². The third-order valence-corrected chi connectivity index (χ3v) is 4.63. The van der Waals surface area contributed by atoms with E-state index in [1.807, 2.05) is 43.1 Å². The molecule has 1 aliphatic rings. The normalized spacial score (nSPS) is 16.0. The molecule has 0 spiro atoms. The van der Waals surface area contributed by atoms with Crippen LogP contribution in [0.2, 0.25) is 0 Å². The van der Waals surface area contributed by atoms with E-state index in [0.29, 0.717) is 6.54 Å². The van der Waals surface area contributed by atoms with Crippen molar-refractivity contribution < 1.29 is 14.1 Å². The summed E-state index contributed by atoms with van der Waals surface area (Å²) in [6, 6.07) is 14.5. The van der Waals surface area contributed by atoms with E-state index in [9.17, 15) is 9.18 Å². The number of amides is 1. The molecule has 1 N–H and O–H groups in total. The summed E-state index contributed by atoms with van der Waals surface area (Å²) in [5.74, 6) is -0.105. The molecule has 0 bridgehead atoms. The van der Waals surface area contributed by atoms with Gasteiger partial charge in [0.05, 0.1) is 7.05 Å². The molecule has 1 unspecified atom stereocenters. The van der Waals surface area contributed by atoms with Crippen molar-refractivity contribution in [2.75, 3.05) is 18.5 Å². The van der Waals surface area contributed by atoms with E-state index in [1.54, 1.807) is 6.07 Å². The van der Waals surface area contributed by atoms with E-state index in [-0.39, 0.29) is 17.8 Å². The molecule has 3 rings (SSSR count). The lowest BCUT2D eigenvalue weighted by Gasteiger charge is -2.26. The van der Waals surface area contributed by atoms with E-state index in [2.05, 4.69) is 6.07 Å². The molecular weight excluding hydrogens is 291 g/mol. The minimum atomic E-state index is -0.234. The van der Waals surface area contributed by atoms with Gasteiger partial charge in [0.25, 0.3) is 5.91 Å². The van der Waals surface area contributed by atoms with Crippen LogP contribution in [0.5, 0.6) is 0 Å². The SMILES string of the molecule is C[C@H](C(=O)N1CCc2ccccc21)[NH+](C)Cc1cccc(F)c1. The van der Waals surface area contributed by atoms with Crippen LogP contribution in [0.4, 0.5) is 10.1 Å². The van der Waals surface area contributed by atoms with Gasteiger partial charge in [-0.2, -0.15) is 0 Å². The summed E-state index contributed by atoms with van der Waals surface area (Å²) in [5, 5.41) is 0. The first kappa shape index (κ1) is 15.7. The lowest BCUT2D eigenvalue weighted by molar-refractivity contribution is -0.908. The maximum atomic E-state index is 13.3. The Kier molecular flexibility index (Phi) is 4.44. The van der Waals surface area contributed by atoms with E-state index in [1.165, 1.54) is 17.7 Å². The van der Waals surface area contributed by atoms with Crippen LogP contribution in [0.25, 0.3) is 0 Å². The van der Waals surface area contributed by atoms with Gasteiger partial charge in [-0.3, -0.25) is 4.79 Å². The van der Waals surface area contributed by atoms with Gasteiger partial charge in [0.1, 0.15) is 12.4 Å². The Morgan fingerprint density at radius 3 is 2.83 bits per heavy atom. The van der Waals surface area contributed by atoms with Crippen LogP contribution < -0.4 is 9.80 Å². The number of anilines is 1. The number of hydrogen-bond acceptors (Lipinski definition) is 1. The molecule has 3 nitrogen and oxygen atoms in total. The predicted molar refractivity (Wildman–Crippen MR) is 89.0 cm³/mol. The molecule has 0 fully saturated rings. The number of benzene rings is 2. The molecule has 0 aliphatic carbocycles. The number of nitrogens with one attached hydrogen (secondary N) is 1. The van der Waals surface area contributed by atoms with Crippen molar-refractivity contribution in [3.8, 4) is 0 Å². The first-order chi connectivity index (χ1) is 11.1. The van der Waals surface area contributed by atoms with Crippen molar-refractivity contribution in [2.45, 2.75) is 25.9 Å². The number of carbonyl (C=O) groups excluding carboxylic acids is 1. The highest BCUT2D eigenvalue weighted by Crippen LogP contribution is 2.27. The number of likely N-dealkylation sites (N-methyl/N-ethyl adjacent to an activating group) is 1. The molecule has 23 heavy (non-hydrogen) atoms. The number of quaternary nitrogens is 1. The van der Waals surface area contributed by atoms with Crippen molar-refractivity contribution in [3.05, 3.63) is 65.5 Å². The molecule has 1 aliphatic heterocycles. The summed E-state index contributed by atoms with van der Waals surface area (Å²) in [4.78, 5) is 15.8. The first-order valence-electron chi connectivity index (χ1n) is 8.02. The van der Waals surface area contributed by atoms with Gasteiger partial charge in [-0.25, -0.2) is 4.39 Å². The van der Waals surface area contributed by atoms with Crippen LogP contribution in [0.15, 0.2) is 48.5 Å². The molecule has 1 amide bonds. The van der Waals surface area contributed by atoms with E-state index in [4.69, 9.17) is 0 Å². The Morgan fingerprint density at radius 2 is 2.04 bits per heavy atom. The third kappa shape index (κ3) is 3.27. The van der Waals surface area contributed by atoms with E-state index in [0.717, 1.165) is 29.1 Å². The summed E-state index contributed by atoms with van der Waals surface area (Å²) in [5.41, 5.74) is 3.17. The maximum absolute atomic E-state index is 13.3. The van der Waals surface area contributed by atoms with Crippen molar-refractivity contribution in [2.24, 2.45) is 0 Å². The summed E-state index contributed by atoms with van der Waals surface area (Å²) >= 11 is 0. The van der Waals surface area contributed by atoms with Crippen LogP contribution in [-0.2, 0) is 17.8 Å². The Balaban J connectivity index is 1.70. The maximum Gasteiger partial charge on any atom is 0.284 e. The average Bonchev–Trinajstić information content (AvgIpc) is 2.97. The van der Waals surface area contributed by atoms with Gasteiger partial charge < -0.3 is 9.80 Å². The molecule has 120 valence electrons. The van der Waals surface area contributed by atoms with Crippen molar-refractivity contribution in [1.82, 2.24) is 0 Å². The van der Waals surface area contributed by atoms with Gasteiger partial charge >= 0.3 is 0 Å². The third-order valence-electron chi connectivity index (χ3n) is 4.63. The topological polar surface area (TPSA) is 24.8 Å². The molecule has 4 heteroatoms. The Labute approximate surface area is 136 Å². The molecule has 0 saturated heterocycles. The minimum absolute atomic E-state index is 0.129. The fourth-order valence-electron chi connectivity index (χ4n) is 3.13. The molecule has 2 aromatic carbocycles. The van der Waals surface area contributed by atoms with Gasteiger partial charge in [0.2, 0.25) is 0 Å². The second-order valence-electron chi connectivity index (χ2n) is 6.24. The van der Waals surface area contributed by atoms with Crippen LogP contribution in [0.3, 0.4) is 0 Å². The van der Waals surface area contributed by atoms with Crippen LogP contribution in [0.1, 0.15) is 18.1 Å². The highest BCUT2D eigenvalue weighted by molar-refractivity contribution is 5.97. The van der Waals surface area contributed by atoms with Gasteiger partial charge in [0, 0.05) is 17.8 Å². The standard InChI is InChI=1S/C19H21FN2O/c1-14(21(2)13-15-6-5-8-17(20)12-15)19(23)22-11-10-16-7-3-4-9-18(16)22/h3-9,12,14H,10-11,13H2,1-2H3/p+1/t14-/m1/s1. The minimum Gasteiger partial charge on any atom is -0.324 e. The second kappa shape index (κ2) is 6.50. The van der Waals surface area contributed by atoms with Gasteiger partial charge in [-0.15, -0.1) is 0 Å². The Bertz CT molecular complexity index is 716. The van der Waals surface area contributed by atoms with Crippen LogP contribution >= 0.6 is 0 Å². The first-order valence-corrected chi connectivity index (χ1v) is 8.02. The number of hydrogen-bond donors (Lipinski definition) is 1. The number of fused-ring (bicyclic) bond motifs is 1.